The van der Waals surface area contributed by atoms with Gasteiger partial charge in [0, 0.05) is 11.0 Å². The topological polar surface area (TPSA) is 80.7 Å². The second-order valence-corrected chi connectivity index (χ2v) is 9.41. The lowest BCUT2D eigenvalue weighted by molar-refractivity contribution is -0.205. The molecule has 5 nitrogen and oxygen atoms in total. The van der Waals surface area contributed by atoms with Crippen molar-refractivity contribution in [2.75, 3.05) is 7.11 Å². The maximum Gasteiger partial charge on any atom is 0.315 e. The van der Waals surface area contributed by atoms with Crippen molar-refractivity contribution in [2.24, 2.45) is 22.2 Å². The van der Waals surface area contributed by atoms with Crippen molar-refractivity contribution < 1.29 is 24.2 Å². The Balaban J connectivity index is 2.39. The summed E-state index contributed by atoms with van der Waals surface area (Å²) in [6, 6.07) is 0. The number of esters is 1. The van der Waals surface area contributed by atoms with Crippen LogP contribution >= 0.6 is 0 Å². The number of fused-ring (bicyclic) bond motifs is 3. The van der Waals surface area contributed by atoms with E-state index >= 15 is 0 Å². The molecule has 27 heavy (non-hydrogen) atoms. The highest BCUT2D eigenvalue weighted by Gasteiger charge is 2.74. The summed E-state index contributed by atoms with van der Waals surface area (Å²) in [5.74, 6) is -2.69. The summed E-state index contributed by atoms with van der Waals surface area (Å²) in [5, 5.41) is 12.0. The predicted octanol–water partition coefficient (Wildman–Crippen LogP) is 3.16. The van der Waals surface area contributed by atoms with Crippen LogP contribution in [0.3, 0.4) is 0 Å². The first-order valence-electron chi connectivity index (χ1n) is 9.68. The molecule has 0 spiro atoms. The van der Waals surface area contributed by atoms with Crippen LogP contribution in [0.15, 0.2) is 23.8 Å². The number of hydrogen-bond acceptors (Lipinski definition) is 5. The molecule has 0 saturated heterocycles. The fourth-order valence-electron chi connectivity index (χ4n) is 6.04. The summed E-state index contributed by atoms with van der Waals surface area (Å²) in [7, 11) is 1.28. The normalized spacial score (nSPS) is 40.9. The highest BCUT2D eigenvalue weighted by molar-refractivity contribution is 6.46. The van der Waals surface area contributed by atoms with Gasteiger partial charge in [0.1, 0.15) is 11.0 Å². The summed E-state index contributed by atoms with van der Waals surface area (Å²) >= 11 is 0. The predicted molar refractivity (Wildman–Crippen MR) is 101 cm³/mol. The Hall–Kier alpha value is -1.75. The van der Waals surface area contributed by atoms with Crippen molar-refractivity contribution >= 4 is 17.5 Å². The number of carbonyl (C=O) groups excluding carboxylic acids is 3. The molecule has 1 N–H and O–H groups in total. The Kier molecular flexibility index (Phi) is 4.35. The van der Waals surface area contributed by atoms with Crippen LogP contribution in [-0.2, 0) is 19.1 Å². The largest absolute Gasteiger partial charge is 0.468 e. The Morgan fingerprint density at radius 1 is 1.19 bits per heavy atom. The first-order chi connectivity index (χ1) is 12.4. The van der Waals surface area contributed by atoms with E-state index in [0.29, 0.717) is 31.3 Å². The number of carbonyl (C=O) groups is 3. The molecule has 3 rings (SSSR count). The van der Waals surface area contributed by atoms with E-state index in [9.17, 15) is 19.5 Å². The Morgan fingerprint density at radius 2 is 1.81 bits per heavy atom. The van der Waals surface area contributed by atoms with Gasteiger partial charge >= 0.3 is 5.97 Å². The quantitative estimate of drug-likeness (QED) is 0.456. The first-order valence-corrected chi connectivity index (χ1v) is 9.68. The van der Waals surface area contributed by atoms with Gasteiger partial charge in [0.05, 0.1) is 13.0 Å². The molecule has 0 aromatic rings. The lowest BCUT2D eigenvalue weighted by atomic mass is 9.41. The van der Waals surface area contributed by atoms with Gasteiger partial charge in [0.25, 0.3) is 0 Å². The molecule has 0 unspecified atom stereocenters. The molecule has 0 heterocycles. The van der Waals surface area contributed by atoms with Crippen molar-refractivity contribution in [2.45, 2.75) is 65.4 Å². The third kappa shape index (κ3) is 2.24. The van der Waals surface area contributed by atoms with Gasteiger partial charge in [-0.3, -0.25) is 14.4 Å². The Morgan fingerprint density at radius 3 is 2.37 bits per heavy atom. The number of hydrogen-bond donors (Lipinski definition) is 1. The first kappa shape index (κ1) is 20.0. The van der Waals surface area contributed by atoms with Crippen molar-refractivity contribution in [1.82, 2.24) is 0 Å². The number of ether oxygens (including phenoxy) is 1. The van der Waals surface area contributed by atoms with E-state index in [1.807, 2.05) is 20.8 Å². The van der Waals surface area contributed by atoms with E-state index in [1.165, 1.54) is 7.11 Å². The van der Waals surface area contributed by atoms with E-state index in [4.69, 9.17) is 4.74 Å². The highest BCUT2D eigenvalue weighted by Crippen LogP contribution is 2.65. The highest BCUT2D eigenvalue weighted by atomic mass is 16.5. The fourth-order valence-corrected chi connectivity index (χ4v) is 6.04. The third-order valence-electron chi connectivity index (χ3n) is 7.77. The summed E-state index contributed by atoms with van der Waals surface area (Å²) in [6.07, 6.45) is 4.28. The van der Waals surface area contributed by atoms with E-state index in [2.05, 4.69) is 6.58 Å². The van der Waals surface area contributed by atoms with Gasteiger partial charge in [-0.1, -0.05) is 38.8 Å². The van der Waals surface area contributed by atoms with Gasteiger partial charge < -0.3 is 9.84 Å². The summed E-state index contributed by atoms with van der Waals surface area (Å²) in [5.41, 5.74) is -3.46. The molecule has 0 bridgehead atoms. The standard InChI is InChI=1S/C22H30O5/c1-7-20(5)11-12-22(26)14(13(20)2)15(23)16(24)17-19(3,4)9-8-10-21(17,22)18(25)27-6/h7,17,26H,1,8-12H2,2-6H3/t17-,20-,21-,22+/m0/s1. The van der Waals surface area contributed by atoms with Crippen molar-refractivity contribution in [3.8, 4) is 0 Å². The average molecular weight is 374 g/mol. The number of allylic oxidation sites excluding steroid dienone is 2. The number of rotatable bonds is 2. The van der Waals surface area contributed by atoms with Gasteiger partial charge in [0.2, 0.25) is 11.6 Å². The van der Waals surface area contributed by atoms with Crippen LogP contribution in [0.2, 0.25) is 0 Å². The number of aliphatic hydroxyl groups is 1. The lowest BCUT2D eigenvalue weighted by Gasteiger charge is -2.61. The summed E-state index contributed by atoms with van der Waals surface area (Å²) in [4.78, 5) is 39.7. The molecular weight excluding hydrogens is 344 g/mol. The zero-order chi connectivity index (χ0) is 20.4. The van der Waals surface area contributed by atoms with Gasteiger partial charge in [-0.05, 0) is 38.0 Å². The molecular formula is C22H30O5. The zero-order valence-corrected chi connectivity index (χ0v) is 17.0. The molecule has 5 heteroatoms. The maximum atomic E-state index is 13.3. The molecule has 0 radical (unpaired) electrons. The van der Waals surface area contributed by atoms with Crippen molar-refractivity contribution in [3.63, 3.8) is 0 Å². The lowest BCUT2D eigenvalue weighted by Crippen LogP contribution is -2.71. The smallest absolute Gasteiger partial charge is 0.315 e. The fraction of sp³-hybridized carbons (Fsp3) is 0.682. The van der Waals surface area contributed by atoms with Crippen LogP contribution in [0.1, 0.15) is 59.8 Å². The second-order valence-electron chi connectivity index (χ2n) is 9.41. The van der Waals surface area contributed by atoms with Crippen LogP contribution in [0.5, 0.6) is 0 Å². The molecule has 0 aliphatic heterocycles. The second kappa shape index (κ2) is 5.87. The van der Waals surface area contributed by atoms with E-state index < -0.39 is 45.3 Å². The van der Waals surface area contributed by atoms with E-state index in [0.717, 1.165) is 0 Å². The Labute approximate surface area is 160 Å². The molecule has 0 aromatic carbocycles. The summed E-state index contributed by atoms with van der Waals surface area (Å²) < 4.78 is 5.15. The van der Waals surface area contributed by atoms with Crippen molar-refractivity contribution in [3.05, 3.63) is 23.8 Å². The minimum Gasteiger partial charge on any atom is -0.468 e. The third-order valence-corrected chi connectivity index (χ3v) is 7.77. The van der Waals surface area contributed by atoms with Crippen LogP contribution in [-0.4, -0.2) is 35.4 Å². The zero-order valence-electron chi connectivity index (χ0n) is 17.0. The molecule has 0 amide bonds. The minimum absolute atomic E-state index is 0.0977. The van der Waals surface area contributed by atoms with Gasteiger partial charge in [-0.15, -0.1) is 6.58 Å². The van der Waals surface area contributed by atoms with E-state index in [1.54, 1.807) is 13.0 Å². The monoisotopic (exact) mass is 374 g/mol. The van der Waals surface area contributed by atoms with Crippen LogP contribution in [0.4, 0.5) is 0 Å². The molecule has 3 aliphatic rings. The molecule has 3 aliphatic carbocycles. The number of ketones is 2. The number of Topliss-reactive ketones (excluding diaryl/α,β-unsaturated/α-hetero) is 2. The van der Waals surface area contributed by atoms with Crippen LogP contribution in [0, 0.1) is 22.2 Å². The molecule has 4 atom stereocenters. The SMILES string of the molecule is C=C[C@@]1(C)CC[C@@]2(O)C(=C1C)C(=O)C(=O)[C@H]1C(C)(C)CCC[C@@]12C(=O)OC. The maximum absolute atomic E-state index is 13.3. The Bertz CT molecular complexity index is 776. The molecule has 148 valence electrons. The average Bonchev–Trinajstić information content (AvgIpc) is 2.61. The molecule has 2 saturated carbocycles. The van der Waals surface area contributed by atoms with E-state index in [-0.39, 0.29) is 12.0 Å². The molecule has 0 aromatic heterocycles. The number of methoxy groups -OCH3 is 1. The van der Waals surface area contributed by atoms with Gasteiger partial charge in [0.15, 0.2) is 0 Å². The van der Waals surface area contributed by atoms with Crippen molar-refractivity contribution in [1.29, 1.82) is 0 Å². The van der Waals surface area contributed by atoms with Gasteiger partial charge in [-0.2, -0.15) is 0 Å². The molecule has 2 fully saturated rings. The van der Waals surface area contributed by atoms with Crippen LogP contribution < -0.4 is 0 Å². The minimum atomic E-state index is -1.69. The van der Waals surface area contributed by atoms with Gasteiger partial charge in [-0.25, -0.2) is 0 Å². The van der Waals surface area contributed by atoms with Crippen LogP contribution in [0.25, 0.3) is 0 Å². The summed E-state index contributed by atoms with van der Waals surface area (Å²) in [6.45, 7) is 11.4.